The molecule has 4 nitrogen and oxygen atoms in total. The van der Waals surface area contributed by atoms with Crippen LogP contribution >= 0.6 is 28.3 Å². The minimum atomic E-state index is -3.39. The molecule has 0 amide bonds. The van der Waals surface area contributed by atoms with E-state index >= 15 is 0 Å². The average molecular weight is 370 g/mol. The van der Waals surface area contributed by atoms with Crippen LogP contribution in [-0.4, -0.2) is 37.9 Å². The normalized spacial score (nSPS) is 24.8. The number of piperazine rings is 1. The zero-order valence-corrected chi connectivity index (χ0v) is 14.1. The van der Waals surface area contributed by atoms with Crippen LogP contribution in [0, 0.1) is 0 Å². The second-order valence-corrected chi connectivity index (χ2v) is 7.60. The molecule has 7 heteroatoms. The van der Waals surface area contributed by atoms with Crippen molar-refractivity contribution in [3.8, 4) is 0 Å². The van der Waals surface area contributed by atoms with Crippen molar-refractivity contribution < 1.29 is 8.42 Å². The number of nitrogens with zero attached hydrogens (tertiary/aromatic N) is 1. The van der Waals surface area contributed by atoms with Crippen molar-refractivity contribution in [3.63, 3.8) is 0 Å². The zero-order valence-electron chi connectivity index (χ0n) is 10.8. The number of nitrogens with one attached hydrogen (secondary N) is 1. The lowest BCUT2D eigenvalue weighted by Crippen LogP contribution is -2.55. The first kappa shape index (κ1) is 16.9. The first-order valence-corrected chi connectivity index (χ1v) is 8.14. The number of rotatable bonds is 2. The lowest BCUT2D eigenvalue weighted by atomic mass is 10.2. The molecule has 1 aromatic rings. The van der Waals surface area contributed by atoms with Crippen LogP contribution < -0.4 is 5.32 Å². The molecule has 108 valence electrons. The highest BCUT2D eigenvalue weighted by atomic mass is 79.9. The number of halogens is 2. The van der Waals surface area contributed by atoms with Crippen molar-refractivity contribution in [2.75, 3.05) is 13.1 Å². The van der Waals surface area contributed by atoms with Crippen molar-refractivity contribution >= 4 is 38.4 Å². The summed E-state index contributed by atoms with van der Waals surface area (Å²) in [7, 11) is -3.39. The molecule has 1 aliphatic rings. The van der Waals surface area contributed by atoms with E-state index in [1.165, 1.54) is 0 Å². The minimum Gasteiger partial charge on any atom is -0.309 e. The Morgan fingerprint density at radius 2 is 1.84 bits per heavy atom. The van der Waals surface area contributed by atoms with E-state index in [4.69, 9.17) is 0 Å². The highest BCUT2D eigenvalue weighted by molar-refractivity contribution is 9.10. The van der Waals surface area contributed by atoms with Crippen molar-refractivity contribution in [3.05, 3.63) is 28.7 Å². The van der Waals surface area contributed by atoms with Gasteiger partial charge in [-0.3, -0.25) is 0 Å². The first-order chi connectivity index (χ1) is 8.39. The molecule has 1 saturated heterocycles. The van der Waals surface area contributed by atoms with Gasteiger partial charge in [0.1, 0.15) is 0 Å². The van der Waals surface area contributed by atoms with Gasteiger partial charge >= 0.3 is 0 Å². The van der Waals surface area contributed by atoms with Gasteiger partial charge in [-0.1, -0.05) is 22.0 Å². The maximum Gasteiger partial charge on any atom is 0.243 e. The van der Waals surface area contributed by atoms with Crippen LogP contribution in [0.3, 0.4) is 0 Å². The largest absolute Gasteiger partial charge is 0.309 e. The fourth-order valence-corrected chi connectivity index (χ4v) is 4.46. The Kier molecular flexibility index (Phi) is 5.82. The number of benzene rings is 1. The molecule has 19 heavy (non-hydrogen) atoms. The van der Waals surface area contributed by atoms with E-state index in [1.807, 2.05) is 19.9 Å². The van der Waals surface area contributed by atoms with Crippen molar-refractivity contribution in [1.29, 1.82) is 0 Å². The molecular formula is C12H18BrClN2O2S. The quantitative estimate of drug-likeness (QED) is 0.870. The van der Waals surface area contributed by atoms with Gasteiger partial charge in [0.25, 0.3) is 0 Å². The second kappa shape index (κ2) is 6.54. The summed E-state index contributed by atoms with van der Waals surface area (Å²) >= 11 is 3.31. The monoisotopic (exact) mass is 368 g/mol. The van der Waals surface area contributed by atoms with E-state index in [0.29, 0.717) is 18.0 Å². The lowest BCUT2D eigenvalue weighted by molar-refractivity contribution is 0.263. The third-order valence-electron chi connectivity index (χ3n) is 2.96. The smallest absolute Gasteiger partial charge is 0.243 e. The summed E-state index contributed by atoms with van der Waals surface area (Å²) in [4.78, 5) is 0.346. The van der Waals surface area contributed by atoms with Crippen LogP contribution in [-0.2, 0) is 10.0 Å². The molecule has 0 spiro atoms. The molecular weight excluding hydrogens is 352 g/mol. The predicted octanol–water partition coefficient (Wildman–Crippen LogP) is 2.24. The highest BCUT2D eigenvalue weighted by Gasteiger charge is 2.31. The number of hydrogen-bond acceptors (Lipinski definition) is 3. The summed E-state index contributed by atoms with van der Waals surface area (Å²) in [6.07, 6.45) is 0. The number of hydrogen-bond donors (Lipinski definition) is 1. The van der Waals surface area contributed by atoms with Crippen LogP contribution in [0.15, 0.2) is 33.6 Å². The minimum absolute atomic E-state index is 0. The first-order valence-electron chi connectivity index (χ1n) is 5.91. The summed E-state index contributed by atoms with van der Waals surface area (Å²) in [5.74, 6) is 0. The van der Waals surface area contributed by atoms with Crippen LogP contribution in [0.4, 0.5) is 0 Å². The van der Waals surface area contributed by atoms with Gasteiger partial charge in [0.2, 0.25) is 10.0 Å². The van der Waals surface area contributed by atoms with E-state index < -0.39 is 10.0 Å². The topological polar surface area (TPSA) is 49.4 Å². The van der Waals surface area contributed by atoms with Crippen molar-refractivity contribution in [1.82, 2.24) is 9.62 Å². The predicted molar refractivity (Wildman–Crippen MR) is 82.2 cm³/mol. The maximum atomic E-state index is 12.5. The SMILES string of the molecule is CC1CN(S(=O)(=O)c2cccc(Br)c2)CC(C)N1.Cl. The van der Waals surface area contributed by atoms with Crippen LogP contribution in [0.5, 0.6) is 0 Å². The fourth-order valence-electron chi connectivity index (χ4n) is 2.25. The molecule has 1 aliphatic heterocycles. The molecule has 1 fully saturated rings. The van der Waals surface area contributed by atoms with Gasteiger partial charge in [0, 0.05) is 29.6 Å². The molecule has 0 radical (unpaired) electrons. The molecule has 0 saturated carbocycles. The van der Waals surface area contributed by atoms with Crippen molar-refractivity contribution in [2.24, 2.45) is 0 Å². The Morgan fingerprint density at radius 3 is 2.37 bits per heavy atom. The summed E-state index contributed by atoms with van der Waals surface area (Å²) in [6, 6.07) is 7.20. The highest BCUT2D eigenvalue weighted by Crippen LogP contribution is 2.21. The molecule has 0 aliphatic carbocycles. The van der Waals surface area contributed by atoms with Crippen LogP contribution in [0.25, 0.3) is 0 Å². The van der Waals surface area contributed by atoms with Gasteiger partial charge in [0.15, 0.2) is 0 Å². The third kappa shape index (κ3) is 3.92. The molecule has 2 unspecified atom stereocenters. The van der Waals surface area contributed by atoms with Gasteiger partial charge in [-0.05, 0) is 32.0 Å². The van der Waals surface area contributed by atoms with Gasteiger partial charge in [-0.15, -0.1) is 12.4 Å². The van der Waals surface area contributed by atoms with Gasteiger partial charge in [-0.2, -0.15) is 4.31 Å². The Balaban J connectivity index is 0.00000180. The van der Waals surface area contributed by atoms with Gasteiger partial charge in [0.05, 0.1) is 4.90 Å². The van der Waals surface area contributed by atoms with Crippen molar-refractivity contribution in [2.45, 2.75) is 30.8 Å². The molecule has 1 aromatic carbocycles. The molecule has 2 atom stereocenters. The van der Waals surface area contributed by atoms with E-state index in [0.717, 1.165) is 4.47 Å². The molecule has 0 aromatic heterocycles. The fraction of sp³-hybridized carbons (Fsp3) is 0.500. The lowest BCUT2D eigenvalue weighted by Gasteiger charge is -2.35. The van der Waals surface area contributed by atoms with Gasteiger partial charge < -0.3 is 5.32 Å². The molecule has 0 bridgehead atoms. The summed E-state index contributed by atoms with van der Waals surface area (Å²) in [5, 5.41) is 3.33. The van der Waals surface area contributed by atoms with E-state index in [-0.39, 0.29) is 24.5 Å². The average Bonchev–Trinajstić information content (AvgIpc) is 2.27. The Bertz CT molecular complexity index is 528. The molecule has 1 heterocycles. The van der Waals surface area contributed by atoms with E-state index in [2.05, 4.69) is 21.2 Å². The summed E-state index contributed by atoms with van der Waals surface area (Å²) < 4.78 is 27.3. The van der Waals surface area contributed by atoms with E-state index in [9.17, 15) is 8.42 Å². The zero-order chi connectivity index (χ0) is 13.3. The molecule has 1 N–H and O–H groups in total. The summed E-state index contributed by atoms with van der Waals surface area (Å²) in [6.45, 7) is 5.02. The molecule has 2 rings (SSSR count). The Morgan fingerprint density at radius 1 is 1.26 bits per heavy atom. The second-order valence-electron chi connectivity index (χ2n) is 4.75. The van der Waals surface area contributed by atoms with Crippen LogP contribution in [0.1, 0.15) is 13.8 Å². The Labute approximate surface area is 129 Å². The van der Waals surface area contributed by atoms with E-state index in [1.54, 1.807) is 22.5 Å². The van der Waals surface area contributed by atoms with Crippen LogP contribution in [0.2, 0.25) is 0 Å². The maximum absolute atomic E-state index is 12.5. The Hall–Kier alpha value is -0.140. The summed E-state index contributed by atoms with van der Waals surface area (Å²) in [5.41, 5.74) is 0. The standard InChI is InChI=1S/C12H17BrN2O2S.ClH/c1-9-7-15(8-10(2)14-9)18(16,17)12-5-3-4-11(13)6-12;/h3-6,9-10,14H,7-8H2,1-2H3;1H. The number of sulfonamides is 1. The van der Waals surface area contributed by atoms with Gasteiger partial charge in [-0.25, -0.2) is 8.42 Å². The third-order valence-corrected chi connectivity index (χ3v) is 5.28.